The fourth-order valence-electron chi connectivity index (χ4n) is 4.91. The number of aromatic carboxylic acids is 1. The number of amides is 1. The van der Waals surface area contributed by atoms with Crippen molar-refractivity contribution in [3.05, 3.63) is 113 Å². The number of carboxylic acid groups (broad SMARTS) is 1. The third-order valence-corrected chi connectivity index (χ3v) is 7.27. The van der Waals surface area contributed by atoms with Gasteiger partial charge in [0.25, 0.3) is 0 Å². The molecule has 2 atom stereocenters. The van der Waals surface area contributed by atoms with Crippen molar-refractivity contribution in [1.82, 2.24) is 19.8 Å². The number of carbonyl (C=O) groups is 2. The fourth-order valence-corrected chi connectivity index (χ4v) is 5.24. The van der Waals surface area contributed by atoms with E-state index >= 15 is 0 Å². The highest BCUT2D eigenvalue weighted by Gasteiger charge is 2.41. The highest BCUT2D eigenvalue weighted by molar-refractivity contribution is 7.80. The number of aromatic nitrogens is 2. The van der Waals surface area contributed by atoms with E-state index in [9.17, 15) is 14.7 Å². The molecule has 5 rings (SSSR count). The van der Waals surface area contributed by atoms with Gasteiger partial charge in [0.15, 0.2) is 5.11 Å². The number of thiocarbonyl (C=S) groups is 1. The smallest absolute Gasteiger partial charge is 0.335 e. The molecule has 0 spiro atoms. The summed E-state index contributed by atoms with van der Waals surface area (Å²) >= 11 is 5.77. The zero-order chi connectivity index (χ0) is 27.5. The molecule has 9 heteroatoms. The van der Waals surface area contributed by atoms with E-state index < -0.39 is 5.97 Å². The van der Waals surface area contributed by atoms with E-state index in [0.717, 1.165) is 33.9 Å². The van der Waals surface area contributed by atoms with Crippen molar-refractivity contribution in [2.75, 3.05) is 11.9 Å². The van der Waals surface area contributed by atoms with Crippen LogP contribution >= 0.6 is 12.2 Å². The highest BCUT2D eigenvalue weighted by Crippen LogP contribution is 2.39. The molecule has 1 saturated heterocycles. The molecule has 2 aromatic carbocycles. The maximum Gasteiger partial charge on any atom is 0.335 e. The average molecular weight is 540 g/mol. The molecular weight excluding hydrogens is 510 g/mol. The molecule has 0 unspecified atom stereocenters. The molecule has 0 aliphatic carbocycles. The topological polar surface area (TPSA) is 99.5 Å². The Hall–Kier alpha value is -4.50. The van der Waals surface area contributed by atoms with Crippen LogP contribution in [0.25, 0.3) is 5.69 Å². The average Bonchev–Trinajstić information content (AvgIpc) is 3.54. The Labute approximate surface area is 232 Å². The zero-order valence-electron chi connectivity index (χ0n) is 21.7. The van der Waals surface area contributed by atoms with Crippen LogP contribution in [0.5, 0.6) is 0 Å². The Balaban J connectivity index is 1.44. The number of carboxylic acids is 1. The minimum atomic E-state index is -0.972. The first-order chi connectivity index (χ1) is 18.8. The van der Waals surface area contributed by atoms with Crippen LogP contribution in [0.2, 0.25) is 0 Å². The van der Waals surface area contributed by atoms with Gasteiger partial charge >= 0.3 is 5.97 Å². The van der Waals surface area contributed by atoms with Gasteiger partial charge in [-0.15, -0.1) is 0 Å². The summed E-state index contributed by atoms with van der Waals surface area (Å²) in [6.07, 6.45) is 3.93. The largest absolute Gasteiger partial charge is 0.478 e. The van der Waals surface area contributed by atoms with Crippen molar-refractivity contribution in [2.45, 2.75) is 32.4 Å². The first-order valence-corrected chi connectivity index (χ1v) is 13.1. The Morgan fingerprint density at radius 2 is 1.85 bits per heavy atom. The van der Waals surface area contributed by atoms with Gasteiger partial charge in [-0.25, -0.2) is 4.79 Å². The Bertz CT molecular complexity index is 1520. The van der Waals surface area contributed by atoms with Gasteiger partial charge in [0.2, 0.25) is 5.91 Å². The number of rotatable bonds is 8. The SMILES string of the molecule is Cc1ccc(C)c(NC(=O)CCN2C(=S)N[C@@H](c3ccccn3)[C@@H]2c2cccn2-c2ccc(C(=O)O)cc2)c1. The predicted octanol–water partition coefficient (Wildman–Crippen LogP) is 5.19. The predicted molar refractivity (Wildman–Crippen MR) is 154 cm³/mol. The summed E-state index contributed by atoms with van der Waals surface area (Å²) < 4.78 is 2.02. The Kier molecular flexibility index (Phi) is 7.42. The van der Waals surface area contributed by atoms with Gasteiger partial charge in [0.1, 0.15) is 0 Å². The number of hydrogen-bond donors (Lipinski definition) is 3. The van der Waals surface area contributed by atoms with Gasteiger partial charge in [-0.3, -0.25) is 9.78 Å². The van der Waals surface area contributed by atoms with E-state index in [1.54, 1.807) is 30.5 Å². The third kappa shape index (κ3) is 5.53. The molecule has 8 nitrogen and oxygen atoms in total. The van der Waals surface area contributed by atoms with Crippen LogP contribution in [0.3, 0.4) is 0 Å². The first kappa shape index (κ1) is 26.1. The number of pyridine rings is 1. The number of aryl methyl sites for hydroxylation is 2. The van der Waals surface area contributed by atoms with E-state index in [-0.39, 0.29) is 30.0 Å². The molecule has 1 aliphatic rings. The summed E-state index contributed by atoms with van der Waals surface area (Å²) in [4.78, 5) is 31.0. The van der Waals surface area contributed by atoms with Gasteiger partial charge in [-0.2, -0.15) is 0 Å². The number of hydrogen-bond acceptors (Lipinski definition) is 4. The third-order valence-electron chi connectivity index (χ3n) is 6.92. The molecule has 4 aromatic rings. The van der Waals surface area contributed by atoms with Crippen LogP contribution in [0, 0.1) is 13.8 Å². The van der Waals surface area contributed by atoms with Crippen LogP contribution in [-0.4, -0.2) is 43.1 Å². The lowest BCUT2D eigenvalue weighted by molar-refractivity contribution is -0.116. The molecule has 3 heterocycles. The van der Waals surface area contributed by atoms with E-state index in [0.29, 0.717) is 11.7 Å². The van der Waals surface area contributed by atoms with E-state index in [2.05, 4.69) is 15.6 Å². The molecule has 1 amide bonds. The molecule has 3 N–H and O–H groups in total. The number of nitrogens with one attached hydrogen (secondary N) is 2. The summed E-state index contributed by atoms with van der Waals surface area (Å²) in [5.74, 6) is -1.06. The normalized spacial score (nSPS) is 16.7. The number of benzene rings is 2. The van der Waals surface area contributed by atoms with Crippen molar-refractivity contribution in [3.8, 4) is 5.69 Å². The quantitative estimate of drug-likeness (QED) is 0.265. The second kappa shape index (κ2) is 11.1. The van der Waals surface area contributed by atoms with Crippen molar-refractivity contribution in [3.63, 3.8) is 0 Å². The van der Waals surface area contributed by atoms with Crippen molar-refractivity contribution in [1.29, 1.82) is 0 Å². The van der Waals surface area contributed by atoms with Gasteiger partial charge < -0.3 is 25.2 Å². The van der Waals surface area contributed by atoms with Crippen molar-refractivity contribution in [2.24, 2.45) is 0 Å². The molecule has 0 saturated carbocycles. The number of nitrogens with zero attached hydrogens (tertiary/aromatic N) is 3. The van der Waals surface area contributed by atoms with Crippen LogP contribution in [0.15, 0.2) is 85.2 Å². The van der Waals surface area contributed by atoms with Gasteiger partial charge in [0, 0.05) is 42.4 Å². The van der Waals surface area contributed by atoms with Gasteiger partial charge in [-0.1, -0.05) is 18.2 Å². The minimum Gasteiger partial charge on any atom is -0.478 e. The molecule has 39 heavy (non-hydrogen) atoms. The monoisotopic (exact) mass is 539 g/mol. The molecule has 0 bridgehead atoms. The van der Waals surface area contributed by atoms with E-state index in [1.807, 2.05) is 78.0 Å². The van der Waals surface area contributed by atoms with Crippen molar-refractivity contribution >= 4 is 34.9 Å². The highest BCUT2D eigenvalue weighted by atomic mass is 32.1. The number of anilines is 1. The zero-order valence-corrected chi connectivity index (χ0v) is 22.5. The lowest BCUT2D eigenvalue weighted by Gasteiger charge is -2.29. The second-order valence-corrected chi connectivity index (χ2v) is 9.98. The minimum absolute atomic E-state index is 0.0915. The van der Waals surface area contributed by atoms with Gasteiger partial charge in [-0.05, 0) is 91.8 Å². The summed E-state index contributed by atoms with van der Waals surface area (Å²) in [6.45, 7) is 4.37. The summed E-state index contributed by atoms with van der Waals surface area (Å²) in [5, 5.41) is 16.3. The lowest BCUT2D eigenvalue weighted by Crippen LogP contribution is -2.33. The fraction of sp³-hybridized carbons (Fsp3) is 0.200. The van der Waals surface area contributed by atoms with E-state index in [1.165, 1.54) is 0 Å². The standard InChI is InChI=1S/C30H29N5O3S/c1-19-8-9-20(2)24(18-19)32-26(36)14-17-35-28(27(33-30(35)39)23-6-3-4-15-31-23)25-7-5-16-34(25)22-12-10-21(11-13-22)29(37)38/h3-13,15-16,18,27-28H,14,17H2,1-2H3,(H,32,36)(H,33,39)(H,37,38)/t27-,28-/m0/s1. The first-order valence-electron chi connectivity index (χ1n) is 12.7. The molecule has 1 aliphatic heterocycles. The van der Waals surface area contributed by atoms with Crippen LogP contribution in [-0.2, 0) is 4.79 Å². The van der Waals surface area contributed by atoms with Crippen LogP contribution < -0.4 is 10.6 Å². The summed E-state index contributed by atoms with van der Waals surface area (Å²) in [5.41, 5.74) is 5.72. The van der Waals surface area contributed by atoms with Crippen LogP contribution in [0.1, 0.15) is 51.4 Å². The molecule has 1 fully saturated rings. The van der Waals surface area contributed by atoms with Crippen LogP contribution in [0.4, 0.5) is 5.69 Å². The maximum atomic E-state index is 13.0. The Morgan fingerprint density at radius 3 is 2.56 bits per heavy atom. The lowest BCUT2D eigenvalue weighted by atomic mass is 10.0. The van der Waals surface area contributed by atoms with E-state index in [4.69, 9.17) is 12.2 Å². The molecule has 0 radical (unpaired) electrons. The Morgan fingerprint density at radius 1 is 1.05 bits per heavy atom. The molecular formula is C30H29N5O3S. The summed E-state index contributed by atoms with van der Waals surface area (Å²) in [6, 6.07) is 22.0. The molecule has 2 aromatic heterocycles. The summed E-state index contributed by atoms with van der Waals surface area (Å²) in [7, 11) is 0. The van der Waals surface area contributed by atoms with Gasteiger partial charge in [0.05, 0.1) is 23.3 Å². The molecule has 198 valence electrons. The second-order valence-electron chi connectivity index (χ2n) is 9.59. The number of carbonyl (C=O) groups excluding carboxylic acids is 1. The maximum absolute atomic E-state index is 13.0. The van der Waals surface area contributed by atoms with Crippen molar-refractivity contribution < 1.29 is 14.7 Å².